The number of benzene rings is 3. The Morgan fingerprint density at radius 1 is 0.966 bits per heavy atom. The van der Waals surface area contributed by atoms with Crippen LogP contribution in [-0.4, -0.2) is 23.8 Å². The minimum absolute atomic E-state index is 0.00580. The molecular formula is C24H21NO4. The fourth-order valence-electron chi connectivity index (χ4n) is 3.92. The van der Waals surface area contributed by atoms with E-state index in [4.69, 9.17) is 4.74 Å². The van der Waals surface area contributed by atoms with E-state index >= 15 is 0 Å². The lowest BCUT2D eigenvalue weighted by atomic mass is 9.98. The quantitative estimate of drug-likeness (QED) is 0.622. The fourth-order valence-corrected chi connectivity index (χ4v) is 3.92. The maximum absolute atomic E-state index is 12.4. The Kier molecular flexibility index (Phi) is 5.04. The van der Waals surface area contributed by atoms with E-state index < -0.39 is 12.1 Å². The van der Waals surface area contributed by atoms with Crippen molar-refractivity contribution in [3.05, 3.63) is 89.0 Å². The highest BCUT2D eigenvalue weighted by molar-refractivity contribution is 5.91. The second kappa shape index (κ2) is 7.80. The van der Waals surface area contributed by atoms with E-state index in [1.165, 1.54) is 17.2 Å². The average Bonchev–Trinajstić information content (AvgIpc) is 3.06. The monoisotopic (exact) mass is 387 g/mol. The molecule has 0 aliphatic heterocycles. The largest absolute Gasteiger partial charge is 0.478 e. The standard InChI is InChI=1S/C24H21NO4/c1-2-15-13-16(11-12-17(15)23(26)27)25-24(28)29-14-22-20-9-5-3-7-18(20)19-8-4-6-10-21(19)22/h3-13,22H,2,14H2,1H3,(H,25,28)(H,26,27). The van der Waals surface area contributed by atoms with Crippen molar-refractivity contribution in [2.75, 3.05) is 11.9 Å². The van der Waals surface area contributed by atoms with Gasteiger partial charge in [-0.1, -0.05) is 55.5 Å². The summed E-state index contributed by atoms with van der Waals surface area (Å²) < 4.78 is 5.53. The van der Waals surface area contributed by atoms with Crippen molar-refractivity contribution in [1.29, 1.82) is 0 Å². The molecular weight excluding hydrogens is 366 g/mol. The van der Waals surface area contributed by atoms with Crippen molar-refractivity contribution in [1.82, 2.24) is 0 Å². The minimum Gasteiger partial charge on any atom is -0.478 e. The van der Waals surface area contributed by atoms with Gasteiger partial charge < -0.3 is 9.84 Å². The van der Waals surface area contributed by atoms with Crippen molar-refractivity contribution in [3.8, 4) is 11.1 Å². The number of rotatable bonds is 5. The van der Waals surface area contributed by atoms with Crippen LogP contribution in [0.1, 0.15) is 39.9 Å². The van der Waals surface area contributed by atoms with Crippen LogP contribution in [0.3, 0.4) is 0 Å². The van der Waals surface area contributed by atoms with Crippen LogP contribution in [-0.2, 0) is 11.2 Å². The van der Waals surface area contributed by atoms with Gasteiger partial charge in [-0.25, -0.2) is 9.59 Å². The Labute approximate surface area is 169 Å². The zero-order valence-corrected chi connectivity index (χ0v) is 16.0. The molecule has 4 rings (SSSR count). The number of carboxylic acid groups (broad SMARTS) is 1. The molecule has 1 aliphatic rings. The van der Waals surface area contributed by atoms with E-state index in [-0.39, 0.29) is 18.1 Å². The lowest BCUT2D eigenvalue weighted by molar-refractivity contribution is 0.0695. The molecule has 1 aliphatic carbocycles. The van der Waals surface area contributed by atoms with E-state index in [0.29, 0.717) is 17.7 Å². The van der Waals surface area contributed by atoms with Gasteiger partial charge in [0.2, 0.25) is 0 Å². The number of aryl methyl sites for hydroxylation is 1. The number of fused-ring (bicyclic) bond motifs is 3. The molecule has 5 nitrogen and oxygen atoms in total. The predicted octanol–water partition coefficient (Wildman–Crippen LogP) is 5.31. The molecule has 0 unspecified atom stereocenters. The third-order valence-electron chi connectivity index (χ3n) is 5.31. The molecule has 0 saturated carbocycles. The minimum atomic E-state index is -0.977. The second-order valence-corrected chi connectivity index (χ2v) is 6.98. The fraction of sp³-hybridized carbons (Fsp3) is 0.167. The number of carbonyl (C=O) groups excluding carboxylic acids is 1. The van der Waals surface area contributed by atoms with Crippen molar-refractivity contribution in [2.24, 2.45) is 0 Å². The first-order valence-corrected chi connectivity index (χ1v) is 9.56. The molecule has 2 N–H and O–H groups in total. The number of anilines is 1. The summed E-state index contributed by atoms with van der Waals surface area (Å²) in [5.74, 6) is -0.983. The lowest BCUT2D eigenvalue weighted by Gasteiger charge is -2.15. The molecule has 1 amide bonds. The molecule has 0 spiro atoms. The van der Waals surface area contributed by atoms with Gasteiger partial charge in [0.1, 0.15) is 6.61 Å². The Morgan fingerprint density at radius 3 is 2.17 bits per heavy atom. The summed E-state index contributed by atoms with van der Waals surface area (Å²) >= 11 is 0. The normalized spacial score (nSPS) is 12.2. The highest BCUT2D eigenvalue weighted by atomic mass is 16.5. The third-order valence-corrected chi connectivity index (χ3v) is 5.31. The number of amides is 1. The van der Waals surface area contributed by atoms with E-state index in [9.17, 15) is 14.7 Å². The van der Waals surface area contributed by atoms with Gasteiger partial charge in [-0.05, 0) is 52.4 Å². The van der Waals surface area contributed by atoms with Gasteiger partial charge in [-0.15, -0.1) is 0 Å². The summed E-state index contributed by atoms with van der Waals surface area (Å²) in [5, 5.41) is 11.9. The molecule has 3 aromatic carbocycles. The van der Waals surface area contributed by atoms with E-state index in [1.807, 2.05) is 31.2 Å². The van der Waals surface area contributed by atoms with Gasteiger partial charge in [0.05, 0.1) is 5.56 Å². The van der Waals surface area contributed by atoms with Crippen LogP contribution in [0.25, 0.3) is 11.1 Å². The van der Waals surface area contributed by atoms with Gasteiger partial charge in [0.15, 0.2) is 0 Å². The molecule has 0 fully saturated rings. The maximum Gasteiger partial charge on any atom is 0.411 e. The third kappa shape index (κ3) is 3.59. The Hall–Kier alpha value is -3.60. The number of carboxylic acids is 1. The van der Waals surface area contributed by atoms with Crippen LogP contribution < -0.4 is 5.32 Å². The number of hydrogen-bond donors (Lipinski definition) is 2. The van der Waals surface area contributed by atoms with Gasteiger partial charge in [-0.2, -0.15) is 0 Å². The molecule has 0 heterocycles. The summed E-state index contributed by atoms with van der Waals surface area (Å²) in [5.41, 5.74) is 6.08. The van der Waals surface area contributed by atoms with E-state index in [0.717, 1.165) is 11.1 Å². The van der Waals surface area contributed by atoms with Crippen LogP contribution in [0.2, 0.25) is 0 Å². The topological polar surface area (TPSA) is 75.6 Å². The molecule has 0 radical (unpaired) electrons. The second-order valence-electron chi connectivity index (χ2n) is 6.98. The predicted molar refractivity (Wildman–Crippen MR) is 111 cm³/mol. The number of hydrogen-bond acceptors (Lipinski definition) is 3. The van der Waals surface area contributed by atoms with Gasteiger partial charge in [0.25, 0.3) is 0 Å². The summed E-state index contributed by atoms with van der Waals surface area (Å²) in [6.07, 6.45) is -0.000958. The summed E-state index contributed by atoms with van der Waals surface area (Å²) in [7, 11) is 0. The zero-order chi connectivity index (χ0) is 20.4. The summed E-state index contributed by atoms with van der Waals surface area (Å²) in [6.45, 7) is 2.10. The molecule has 5 heteroatoms. The van der Waals surface area contributed by atoms with Crippen LogP contribution in [0.15, 0.2) is 66.7 Å². The molecule has 146 valence electrons. The molecule has 0 bridgehead atoms. The van der Waals surface area contributed by atoms with Crippen LogP contribution in [0.4, 0.5) is 10.5 Å². The summed E-state index contributed by atoms with van der Waals surface area (Å²) in [6, 6.07) is 21.1. The number of nitrogens with one attached hydrogen (secondary N) is 1. The Bertz CT molecular complexity index is 1040. The number of aromatic carboxylic acids is 1. The van der Waals surface area contributed by atoms with E-state index in [2.05, 4.69) is 29.6 Å². The SMILES string of the molecule is CCc1cc(NC(=O)OCC2c3ccccc3-c3ccccc32)ccc1C(=O)O. The van der Waals surface area contributed by atoms with Crippen molar-refractivity contribution < 1.29 is 19.4 Å². The van der Waals surface area contributed by atoms with Gasteiger partial charge in [-0.3, -0.25) is 5.32 Å². The summed E-state index contributed by atoms with van der Waals surface area (Å²) in [4.78, 5) is 23.6. The molecule has 29 heavy (non-hydrogen) atoms. The van der Waals surface area contributed by atoms with Crippen LogP contribution >= 0.6 is 0 Å². The Balaban J connectivity index is 1.47. The smallest absolute Gasteiger partial charge is 0.411 e. The van der Waals surface area contributed by atoms with Crippen molar-refractivity contribution in [3.63, 3.8) is 0 Å². The Morgan fingerprint density at radius 2 is 1.59 bits per heavy atom. The van der Waals surface area contributed by atoms with Crippen LogP contribution in [0, 0.1) is 0 Å². The number of ether oxygens (including phenoxy) is 1. The zero-order valence-electron chi connectivity index (χ0n) is 16.0. The molecule has 3 aromatic rings. The average molecular weight is 387 g/mol. The maximum atomic E-state index is 12.4. The van der Waals surface area contributed by atoms with Crippen molar-refractivity contribution in [2.45, 2.75) is 19.3 Å². The first-order valence-electron chi connectivity index (χ1n) is 9.56. The molecule has 0 aromatic heterocycles. The first-order chi connectivity index (χ1) is 14.1. The van der Waals surface area contributed by atoms with Gasteiger partial charge >= 0.3 is 12.1 Å². The van der Waals surface area contributed by atoms with Crippen molar-refractivity contribution >= 4 is 17.7 Å². The molecule has 0 atom stereocenters. The van der Waals surface area contributed by atoms with Gasteiger partial charge in [0, 0.05) is 11.6 Å². The first kappa shape index (κ1) is 18.7. The molecule has 0 saturated heterocycles. The van der Waals surface area contributed by atoms with E-state index in [1.54, 1.807) is 12.1 Å². The number of carbonyl (C=O) groups is 2. The van der Waals surface area contributed by atoms with Crippen LogP contribution in [0.5, 0.6) is 0 Å². The lowest BCUT2D eigenvalue weighted by Crippen LogP contribution is -2.18. The highest BCUT2D eigenvalue weighted by Gasteiger charge is 2.29. The highest BCUT2D eigenvalue weighted by Crippen LogP contribution is 2.44.